The molecule has 0 radical (unpaired) electrons. The summed E-state index contributed by atoms with van der Waals surface area (Å²) in [7, 11) is 0. The van der Waals surface area contributed by atoms with Crippen molar-refractivity contribution < 1.29 is 9.52 Å². The molecule has 0 bridgehead atoms. The number of phenolic OH excluding ortho intramolecular Hbond substituents is 1. The van der Waals surface area contributed by atoms with E-state index in [1.807, 2.05) is 6.07 Å². The van der Waals surface area contributed by atoms with Crippen molar-refractivity contribution in [2.24, 2.45) is 0 Å². The minimum Gasteiger partial charge on any atom is -0.508 e. The second-order valence-electron chi connectivity index (χ2n) is 6.32. The van der Waals surface area contributed by atoms with Crippen LogP contribution in [0.5, 0.6) is 5.75 Å². The summed E-state index contributed by atoms with van der Waals surface area (Å²) >= 11 is 0. The fraction of sp³-hybridized carbons (Fsp3) is 0.286. The van der Waals surface area contributed by atoms with E-state index in [-0.39, 0.29) is 5.75 Å². The SMILES string of the molecule is CC[C@H](CNCc1cc(=O)oc2c(C)c(O)ccc12)c1ccccc1. The molecule has 0 saturated heterocycles. The van der Waals surface area contributed by atoms with Crippen LogP contribution in [0.15, 0.2) is 57.7 Å². The maximum atomic E-state index is 11.9. The van der Waals surface area contributed by atoms with Gasteiger partial charge in [0.15, 0.2) is 0 Å². The molecule has 0 aliphatic rings. The summed E-state index contributed by atoms with van der Waals surface area (Å²) < 4.78 is 5.29. The van der Waals surface area contributed by atoms with Gasteiger partial charge in [-0.2, -0.15) is 0 Å². The van der Waals surface area contributed by atoms with Gasteiger partial charge in [0.05, 0.1) is 0 Å². The van der Waals surface area contributed by atoms with Gasteiger partial charge in [0, 0.05) is 30.1 Å². The van der Waals surface area contributed by atoms with E-state index in [2.05, 4.69) is 36.5 Å². The summed E-state index contributed by atoms with van der Waals surface area (Å²) in [5, 5.41) is 14.1. The second-order valence-corrected chi connectivity index (χ2v) is 6.32. The van der Waals surface area contributed by atoms with Crippen LogP contribution in [0.4, 0.5) is 0 Å². The van der Waals surface area contributed by atoms with Crippen molar-refractivity contribution in [1.29, 1.82) is 0 Å². The average molecular weight is 337 g/mol. The molecule has 3 aromatic rings. The van der Waals surface area contributed by atoms with Gasteiger partial charge in [-0.15, -0.1) is 0 Å². The smallest absolute Gasteiger partial charge is 0.336 e. The number of nitrogens with one attached hydrogen (secondary N) is 1. The molecule has 0 aliphatic carbocycles. The van der Waals surface area contributed by atoms with Crippen LogP contribution in [-0.4, -0.2) is 11.7 Å². The molecule has 4 nitrogen and oxygen atoms in total. The van der Waals surface area contributed by atoms with Crippen LogP contribution >= 0.6 is 0 Å². The molecule has 2 N–H and O–H groups in total. The summed E-state index contributed by atoms with van der Waals surface area (Å²) in [6.07, 6.45) is 1.04. The summed E-state index contributed by atoms with van der Waals surface area (Å²) in [4.78, 5) is 11.9. The van der Waals surface area contributed by atoms with E-state index in [0.717, 1.165) is 23.9 Å². The highest BCUT2D eigenvalue weighted by atomic mass is 16.4. The average Bonchev–Trinajstić information content (AvgIpc) is 2.63. The Labute approximate surface area is 147 Å². The van der Waals surface area contributed by atoms with E-state index in [4.69, 9.17) is 4.42 Å². The first-order valence-corrected chi connectivity index (χ1v) is 8.61. The number of benzene rings is 2. The Morgan fingerprint density at radius 1 is 1.16 bits per heavy atom. The molecule has 4 heteroatoms. The highest BCUT2D eigenvalue weighted by Crippen LogP contribution is 2.27. The minimum atomic E-state index is -0.395. The van der Waals surface area contributed by atoms with Crippen molar-refractivity contribution >= 4 is 11.0 Å². The molecule has 0 amide bonds. The van der Waals surface area contributed by atoms with Crippen molar-refractivity contribution in [3.63, 3.8) is 0 Å². The zero-order chi connectivity index (χ0) is 17.8. The highest BCUT2D eigenvalue weighted by Gasteiger charge is 2.12. The van der Waals surface area contributed by atoms with Gasteiger partial charge in [-0.25, -0.2) is 4.79 Å². The highest BCUT2D eigenvalue weighted by molar-refractivity contribution is 5.84. The molecule has 0 fully saturated rings. The van der Waals surface area contributed by atoms with Gasteiger partial charge in [-0.3, -0.25) is 0 Å². The van der Waals surface area contributed by atoms with Crippen LogP contribution in [0.3, 0.4) is 0 Å². The van der Waals surface area contributed by atoms with E-state index < -0.39 is 5.63 Å². The number of phenols is 1. The van der Waals surface area contributed by atoms with Gasteiger partial charge >= 0.3 is 5.63 Å². The molecule has 0 saturated carbocycles. The Balaban J connectivity index is 1.79. The molecule has 0 unspecified atom stereocenters. The second kappa shape index (κ2) is 7.53. The summed E-state index contributed by atoms with van der Waals surface area (Å²) in [5.41, 5.74) is 2.85. The Bertz CT molecular complexity index is 916. The Hall–Kier alpha value is -2.59. The third kappa shape index (κ3) is 3.74. The first-order valence-electron chi connectivity index (χ1n) is 8.61. The monoisotopic (exact) mass is 337 g/mol. The number of hydrogen-bond acceptors (Lipinski definition) is 4. The molecule has 1 atom stereocenters. The molecular weight excluding hydrogens is 314 g/mol. The number of fused-ring (bicyclic) bond motifs is 1. The summed E-state index contributed by atoms with van der Waals surface area (Å²) in [6, 6.07) is 15.4. The standard InChI is InChI=1S/C21H23NO3/c1-3-15(16-7-5-4-6-8-16)12-22-13-17-11-20(24)25-21-14(2)19(23)10-9-18(17)21/h4-11,15,22-23H,3,12-13H2,1-2H3/t15-/m1/s1. The maximum Gasteiger partial charge on any atom is 0.336 e. The van der Waals surface area contributed by atoms with Crippen LogP contribution in [0.25, 0.3) is 11.0 Å². The third-order valence-electron chi connectivity index (χ3n) is 4.69. The van der Waals surface area contributed by atoms with Crippen molar-refractivity contribution in [2.45, 2.75) is 32.7 Å². The first-order chi connectivity index (χ1) is 12.1. The third-order valence-corrected chi connectivity index (χ3v) is 4.69. The van der Waals surface area contributed by atoms with Crippen LogP contribution in [0.2, 0.25) is 0 Å². The van der Waals surface area contributed by atoms with E-state index in [1.165, 1.54) is 11.6 Å². The minimum absolute atomic E-state index is 0.135. The van der Waals surface area contributed by atoms with E-state index in [0.29, 0.717) is 23.6 Å². The molecular formula is C21H23NO3. The van der Waals surface area contributed by atoms with Gasteiger partial charge in [0.2, 0.25) is 0 Å². The molecule has 130 valence electrons. The number of aryl methyl sites for hydroxylation is 1. The van der Waals surface area contributed by atoms with E-state index in [1.54, 1.807) is 19.1 Å². The topological polar surface area (TPSA) is 62.5 Å². The quantitative estimate of drug-likeness (QED) is 0.665. The van der Waals surface area contributed by atoms with Crippen LogP contribution < -0.4 is 10.9 Å². The fourth-order valence-corrected chi connectivity index (χ4v) is 3.17. The van der Waals surface area contributed by atoms with E-state index in [9.17, 15) is 9.90 Å². The van der Waals surface area contributed by atoms with Crippen molar-refractivity contribution in [3.05, 3.63) is 75.6 Å². The molecule has 2 aromatic carbocycles. The van der Waals surface area contributed by atoms with Crippen molar-refractivity contribution in [3.8, 4) is 5.75 Å². The van der Waals surface area contributed by atoms with Crippen molar-refractivity contribution in [2.75, 3.05) is 6.54 Å². The Morgan fingerprint density at radius 2 is 1.92 bits per heavy atom. The molecule has 25 heavy (non-hydrogen) atoms. The summed E-state index contributed by atoms with van der Waals surface area (Å²) in [5.74, 6) is 0.564. The number of hydrogen-bond donors (Lipinski definition) is 2. The summed E-state index contributed by atoms with van der Waals surface area (Å²) in [6.45, 7) is 5.34. The van der Waals surface area contributed by atoms with E-state index >= 15 is 0 Å². The molecule has 3 rings (SSSR count). The van der Waals surface area contributed by atoms with Gasteiger partial charge in [0.25, 0.3) is 0 Å². The lowest BCUT2D eigenvalue weighted by atomic mass is 9.96. The Kier molecular flexibility index (Phi) is 5.19. The zero-order valence-electron chi connectivity index (χ0n) is 14.6. The number of rotatable bonds is 6. The van der Waals surface area contributed by atoms with Crippen LogP contribution in [-0.2, 0) is 6.54 Å². The molecule has 0 spiro atoms. The lowest BCUT2D eigenvalue weighted by Crippen LogP contribution is -2.21. The lowest BCUT2D eigenvalue weighted by Gasteiger charge is -2.17. The van der Waals surface area contributed by atoms with Gasteiger partial charge < -0.3 is 14.8 Å². The first kappa shape index (κ1) is 17.2. The predicted molar refractivity (Wildman–Crippen MR) is 100 cm³/mol. The molecule has 1 heterocycles. The molecule has 0 aliphatic heterocycles. The lowest BCUT2D eigenvalue weighted by molar-refractivity contribution is 0.468. The molecule has 1 aromatic heterocycles. The van der Waals surface area contributed by atoms with Crippen LogP contribution in [0.1, 0.15) is 36.0 Å². The largest absolute Gasteiger partial charge is 0.508 e. The maximum absolute atomic E-state index is 11.9. The van der Waals surface area contributed by atoms with Crippen molar-refractivity contribution in [1.82, 2.24) is 5.32 Å². The van der Waals surface area contributed by atoms with Gasteiger partial charge in [0.1, 0.15) is 11.3 Å². The van der Waals surface area contributed by atoms with Gasteiger partial charge in [-0.1, -0.05) is 37.3 Å². The zero-order valence-corrected chi connectivity index (χ0v) is 14.6. The van der Waals surface area contributed by atoms with Gasteiger partial charge in [-0.05, 0) is 42.5 Å². The Morgan fingerprint density at radius 3 is 2.64 bits per heavy atom. The fourth-order valence-electron chi connectivity index (χ4n) is 3.17. The van der Waals surface area contributed by atoms with Crippen LogP contribution in [0, 0.1) is 6.92 Å². The number of aromatic hydroxyl groups is 1. The normalized spacial score (nSPS) is 12.4. The predicted octanol–water partition coefficient (Wildman–Crippen LogP) is 4.09.